The SMILES string of the molecule is CC(CC(N)=O)NC1Cc2ccccc2C1. The first-order valence-corrected chi connectivity index (χ1v) is 5.76. The molecule has 1 aromatic rings. The van der Waals surface area contributed by atoms with Gasteiger partial charge in [0, 0.05) is 18.5 Å². The number of rotatable bonds is 4. The van der Waals surface area contributed by atoms with Gasteiger partial charge in [0.25, 0.3) is 0 Å². The molecule has 0 saturated heterocycles. The third kappa shape index (κ3) is 2.61. The highest BCUT2D eigenvalue weighted by atomic mass is 16.1. The summed E-state index contributed by atoms with van der Waals surface area (Å²) in [4.78, 5) is 10.8. The van der Waals surface area contributed by atoms with Crippen LogP contribution in [-0.2, 0) is 17.6 Å². The van der Waals surface area contributed by atoms with Crippen molar-refractivity contribution < 1.29 is 4.79 Å². The molecule has 0 radical (unpaired) electrons. The van der Waals surface area contributed by atoms with E-state index in [1.54, 1.807) is 0 Å². The van der Waals surface area contributed by atoms with Gasteiger partial charge >= 0.3 is 0 Å². The Kier molecular flexibility index (Phi) is 3.25. The monoisotopic (exact) mass is 218 g/mol. The second-order valence-electron chi connectivity index (χ2n) is 4.61. The number of nitrogens with one attached hydrogen (secondary N) is 1. The zero-order chi connectivity index (χ0) is 11.5. The van der Waals surface area contributed by atoms with Gasteiger partial charge in [-0.15, -0.1) is 0 Å². The molecule has 0 bridgehead atoms. The van der Waals surface area contributed by atoms with E-state index in [1.165, 1.54) is 11.1 Å². The Morgan fingerprint density at radius 1 is 1.44 bits per heavy atom. The fourth-order valence-corrected chi connectivity index (χ4v) is 2.44. The number of carbonyl (C=O) groups is 1. The van der Waals surface area contributed by atoms with Crippen LogP contribution in [0.25, 0.3) is 0 Å². The molecule has 1 amide bonds. The molecule has 0 fully saturated rings. The molecule has 1 aromatic carbocycles. The first-order chi connectivity index (χ1) is 7.65. The van der Waals surface area contributed by atoms with Gasteiger partial charge in [-0.05, 0) is 30.9 Å². The van der Waals surface area contributed by atoms with E-state index in [2.05, 4.69) is 29.6 Å². The topological polar surface area (TPSA) is 55.1 Å². The van der Waals surface area contributed by atoms with E-state index in [-0.39, 0.29) is 11.9 Å². The van der Waals surface area contributed by atoms with Crippen LogP contribution in [0.1, 0.15) is 24.5 Å². The summed E-state index contributed by atoms with van der Waals surface area (Å²) in [7, 11) is 0. The van der Waals surface area contributed by atoms with Crippen LogP contribution in [0.3, 0.4) is 0 Å². The molecule has 1 atom stereocenters. The summed E-state index contributed by atoms with van der Waals surface area (Å²) in [5.74, 6) is -0.240. The fraction of sp³-hybridized carbons (Fsp3) is 0.462. The lowest BCUT2D eigenvalue weighted by atomic mass is 10.1. The van der Waals surface area contributed by atoms with Gasteiger partial charge in [-0.1, -0.05) is 24.3 Å². The lowest BCUT2D eigenvalue weighted by Crippen LogP contribution is -2.39. The minimum absolute atomic E-state index is 0.164. The van der Waals surface area contributed by atoms with Crippen molar-refractivity contribution in [2.24, 2.45) is 5.73 Å². The molecule has 0 saturated carbocycles. The molecule has 3 N–H and O–H groups in total. The van der Waals surface area contributed by atoms with E-state index >= 15 is 0 Å². The van der Waals surface area contributed by atoms with Crippen molar-refractivity contribution in [1.29, 1.82) is 0 Å². The van der Waals surface area contributed by atoms with E-state index in [9.17, 15) is 4.79 Å². The maximum atomic E-state index is 10.8. The van der Waals surface area contributed by atoms with Crippen molar-refractivity contribution in [3.63, 3.8) is 0 Å². The van der Waals surface area contributed by atoms with Gasteiger partial charge in [0.15, 0.2) is 0 Å². The standard InChI is InChI=1S/C13H18N2O/c1-9(6-13(14)16)15-12-7-10-4-2-3-5-11(10)8-12/h2-5,9,12,15H,6-8H2,1H3,(H2,14,16). The van der Waals surface area contributed by atoms with Crippen LogP contribution in [0, 0.1) is 0 Å². The predicted molar refractivity (Wildman–Crippen MR) is 64.0 cm³/mol. The van der Waals surface area contributed by atoms with Gasteiger partial charge in [0.05, 0.1) is 0 Å². The first kappa shape index (κ1) is 11.1. The summed E-state index contributed by atoms with van der Waals surface area (Å²) in [6.45, 7) is 2.01. The van der Waals surface area contributed by atoms with Crippen LogP contribution in [0.4, 0.5) is 0 Å². The van der Waals surface area contributed by atoms with Crippen molar-refractivity contribution in [1.82, 2.24) is 5.32 Å². The number of benzene rings is 1. The van der Waals surface area contributed by atoms with Crippen molar-refractivity contribution in [3.05, 3.63) is 35.4 Å². The summed E-state index contributed by atoms with van der Waals surface area (Å²) in [5.41, 5.74) is 8.02. The first-order valence-electron chi connectivity index (χ1n) is 5.76. The predicted octanol–water partition coefficient (Wildman–Crippen LogP) is 1.01. The van der Waals surface area contributed by atoms with E-state index in [0.717, 1.165) is 12.8 Å². The lowest BCUT2D eigenvalue weighted by Gasteiger charge is -2.17. The molecule has 1 unspecified atom stereocenters. The Balaban J connectivity index is 1.89. The Labute approximate surface area is 96.0 Å². The molecular formula is C13H18N2O. The summed E-state index contributed by atoms with van der Waals surface area (Å²) >= 11 is 0. The maximum absolute atomic E-state index is 10.8. The molecule has 0 spiro atoms. The smallest absolute Gasteiger partial charge is 0.218 e. The number of primary amides is 1. The summed E-state index contributed by atoms with van der Waals surface area (Å²) in [5, 5.41) is 3.46. The van der Waals surface area contributed by atoms with Crippen LogP contribution < -0.4 is 11.1 Å². The fourth-order valence-electron chi connectivity index (χ4n) is 2.44. The minimum atomic E-state index is -0.240. The van der Waals surface area contributed by atoms with E-state index < -0.39 is 0 Å². The third-order valence-electron chi connectivity index (χ3n) is 3.08. The largest absolute Gasteiger partial charge is 0.370 e. The second kappa shape index (κ2) is 4.66. The molecule has 0 aliphatic heterocycles. The van der Waals surface area contributed by atoms with Gasteiger partial charge in [-0.3, -0.25) is 4.79 Å². The molecule has 3 nitrogen and oxygen atoms in total. The molecule has 2 rings (SSSR count). The van der Waals surface area contributed by atoms with E-state index in [4.69, 9.17) is 5.73 Å². The summed E-state index contributed by atoms with van der Waals surface area (Å²) in [6.07, 6.45) is 2.52. The van der Waals surface area contributed by atoms with Crippen molar-refractivity contribution in [2.45, 2.75) is 38.3 Å². The van der Waals surface area contributed by atoms with Crippen LogP contribution in [0.5, 0.6) is 0 Å². The molecule has 86 valence electrons. The summed E-state index contributed by atoms with van der Waals surface area (Å²) < 4.78 is 0. The maximum Gasteiger partial charge on any atom is 0.218 e. The van der Waals surface area contributed by atoms with Gasteiger partial charge in [-0.25, -0.2) is 0 Å². The highest BCUT2D eigenvalue weighted by molar-refractivity contribution is 5.74. The molecule has 3 heteroatoms. The van der Waals surface area contributed by atoms with Gasteiger partial charge in [0.2, 0.25) is 5.91 Å². The Bertz CT molecular complexity index is 364. The summed E-state index contributed by atoms with van der Waals surface area (Å²) in [6, 6.07) is 9.12. The van der Waals surface area contributed by atoms with E-state index in [0.29, 0.717) is 12.5 Å². The quantitative estimate of drug-likeness (QED) is 0.792. The van der Waals surface area contributed by atoms with Crippen LogP contribution in [-0.4, -0.2) is 18.0 Å². The molecule has 0 aromatic heterocycles. The Morgan fingerprint density at radius 2 is 2.00 bits per heavy atom. The number of carbonyl (C=O) groups excluding carboxylic acids is 1. The van der Waals surface area contributed by atoms with E-state index in [1.807, 2.05) is 6.92 Å². The number of hydrogen-bond donors (Lipinski definition) is 2. The second-order valence-corrected chi connectivity index (χ2v) is 4.61. The zero-order valence-corrected chi connectivity index (χ0v) is 9.57. The average Bonchev–Trinajstić information content (AvgIpc) is 2.57. The van der Waals surface area contributed by atoms with Crippen molar-refractivity contribution in [2.75, 3.05) is 0 Å². The van der Waals surface area contributed by atoms with Gasteiger partial charge in [-0.2, -0.15) is 0 Å². The number of nitrogens with two attached hydrogens (primary N) is 1. The highest BCUT2D eigenvalue weighted by Gasteiger charge is 2.22. The normalized spacial score (nSPS) is 17.1. The molecule has 0 heterocycles. The average molecular weight is 218 g/mol. The zero-order valence-electron chi connectivity index (χ0n) is 9.57. The van der Waals surface area contributed by atoms with Crippen molar-refractivity contribution >= 4 is 5.91 Å². The Hall–Kier alpha value is -1.35. The van der Waals surface area contributed by atoms with Crippen LogP contribution in [0.2, 0.25) is 0 Å². The molecule has 16 heavy (non-hydrogen) atoms. The number of fused-ring (bicyclic) bond motifs is 1. The number of amides is 1. The van der Waals surface area contributed by atoms with Gasteiger partial charge < -0.3 is 11.1 Å². The molecule has 1 aliphatic carbocycles. The lowest BCUT2D eigenvalue weighted by molar-refractivity contribution is -0.118. The minimum Gasteiger partial charge on any atom is -0.370 e. The van der Waals surface area contributed by atoms with Crippen LogP contribution >= 0.6 is 0 Å². The molecule has 1 aliphatic rings. The van der Waals surface area contributed by atoms with Crippen LogP contribution in [0.15, 0.2) is 24.3 Å². The van der Waals surface area contributed by atoms with Crippen molar-refractivity contribution in [3.8, 4) is 0 Å². The Morgan fingerprint density at radius 3 is 2.50 bits per heavy atom. The number of hydrogen-bond acceptors (Lipinski definition) is 2. The third-order valence-corrected chi connectivity index (χ3v) is 3.08. The highest BCUT2D eigenvalue weighted by Crippen LogP contribution is 2.21. The molecular weight excluding hydrogens is 200 g/mol. The van der Waals surface area contributed by atoms with Gasteiger partial charge in [0.1, 0.15) is 0 Å².